The summed E-state index contributed by atoms with van der Waals surface area (Å²) in [6.45, 7) is 3.16. The highest BCUT2D eigenvalue weighted by molar-refractivity contribution is 5.85. The van der Waals surface area contributed by atoms with Crippen molar-refractivity contribution < 1.29 is 4.79 Å². The average molecular weight is 376 g/mol. The smallest absolute Gasteiger partial charge is 0.236 e. The van der Waals surface area contributed by atoms with Crippen molar-refractivity contribution in [3.63, 3.8) is 0 Å². The number of likely N-dealkylation sites (tertiary alicyclic amines) is 1. The molecular weight excluding hydrogens is 345 g/mol. The van der Waals surface area contributed by atoms with Crippen LogP contribution in [-0.4, -0.2) is 55.5 Å². The molecule has 0 aromatic heterocycles. The SMILES string of the molecule is CN(C)CCC1CCCCN1C(=O)CNCc1ccccc1.Cl.Cl. The standard InChI is InChI=1S/C18H29N3O.2ClH/c1-20(2)13-11-17-10-6-7-12-21(17)18(22)15-19-14-16-8-4-3-5-9-16;;/h3-5,8-9,17,19H,6-7,10-15H2,1-2H3;2*1H. The van der Waals surface area contributed by atoms with E-state index in [1.54, 1.807) is 0 Å². The lowest BCUT2D eigenvalue weighted by Gasteiger charge is -2.36. The van der Waals surface area contributed by atoms with Gasteiger partial charge in [0.1, 0.15) is 0 Å². The van der Waals surface area contributed by atoms with Gasteiger partial charge in [0, 0.05) is 19.1 Å². The zero-order valence-electron chi connectivity index (χ0n) is 14.7. The Morgan fingerprint density at radius 2 is 1.92 bits per heavy atom. The molecule has 6 heteroatoms. The van der Waals surface area contributed by atoms with E-state index in [1.807, 2.05) is 18.2 Å². The summed E-state index contributed by atoms with van der Waals surface area (Å²) in [7, 11) is 4.19. The second-order valence-corrected chi connectivity index (χ2v) is 6.42. The number of carbonyl (C=O) groups is 1. The minimum atomic E-state index is 0. The Labute approximate surface area is 158 Å². The van der Waals surface area contributed by atoms with Crippen molar-refractivity contribution in [2.75, 3.05) is 33.7 Å². The Hall–Kier alpha value is -0.810. The number of rotatable bonds is 7. The van der Waals surface area contributed by atoms with E-state index < -0.39 is 0 Å². The third-order valence-corrected chi connectivity index (χ3v) is 4.31. The maximum absolute atomic E-state index is 12.5. The van der Waals surface area contributed by atoms with Crippen LogP contribution in [0.5, 0.6) is 0 Å². The zero-order chi connectivity index (χ0) is 15.8. The van der Waals surface area contributed by atoms with Gasteiger partial charge in [-0.3, -0.25) is 4.79 Å². The molecule has 1 fully saturated rings. The highest BCUT2D eigenvalue weighted by atomic mass is 35.5. The fourth-order valence-corrected chi connectivity index (χ4v) is 3.05. The number of nitrogens with zero attached hydrogens (tertiary/aromatic N) is 2. The summed E-state index contributed by atoms with van der Waals surface area (Å²) < 4.78 is 0. The highest BCUT2D eigenvalue weighted by Crippen LogP contribution is 2.19. The lowest BCUT2D eigenvalue weighted by molar-refractivity contribution is -0.134. The molecule has 138 valence electrons. The van der Waals surface area contributed by atoms with Gasteiger partial charge in [-0.05, 0) is 51.9 Å². The Balaban J connectivity index is 0.00000264. The summed E-state index contributed by atoms with van der Waals surface area (Å²) >= 11 is 0. The van der Waals surface area contributed by atoms with Gasteiger partial charge in [-0.25, -0.2) is 0 Å². The van der Waals surface area contributed by atoms with Gasteiger partial charge in [-0.1, -0.05) is 30.3 Å². The number of carbonyl (C=O) groups excluding carboxylic acids is 1. The minimum absolute atomic E-state index is 0. The summed E-state index contributed by atoms with van der Waals surface area (Å²) in [6, 6.07) is 10.7. The van der Waals surface area contributed by atoms with Crippen molar-refractivity contribution in [3.05, 3.63) is 35.9 Å². The van der Waals surface area contributed by atoms with Crippen LogP contribution in [0.25, 0.3) is 0 Å². The molecule has 0 bridgehead atoms. The zero-order valence-corrected chi connectivity index (χ0v) is 16.4. The Bertz CT molecular complexity index is 457. The predicted octanol–water partition coefficient (Wildman–Crippen LogP) is 2.95. The second-order valence-electron chi connectivity index (χ2n) is 6.42. The number of nitrogens with one attached hydrogen (secondary N) is 1. The maximum Gasteiger partial charge on any atom is 0.236 e. The van der Waals surface area contributed by atoms with E-state index in [0.717, 1.165) is 38.9 Å². The van der Waals surface area contributed by atoms with E-state index in [4.69, 9.17) is 0 Å². The summed E-state index contributed by atoms with van der Waals surface area (Å²) in [5.74, 6) is 0.249. The molecule has 1 atom stereocenters. The van der Waals surface area contributed by atoms with Crippen LogP contribution in [0.1, 0.15) is 31.2 Å². The Kier molecular flexibility index (Phi) is 12.1. The molecule has 1 aliphatic rings. The van der Waals surface area contributed by atoms with Gasteiger partial charge < -0.3 is 15.1 Å². The van der Waals surface area contributed by atoms with Gasteiger partial charge >= 0.3 is 0 Å². The van der Waals surface area contributed by atoms with Crippen LogP contribution in [-0.2, 0) is 11.3 Å². The van der Waals surface area contributed by atoms with Gasteiger partial charge in [0.2, 0.25) is 5.91 Å². The first-order valence-electron chi connectivity index (χ1n) is 8.35. The van der Waals surface area contributed by atoms with Crippen LogP contribution in [0.15, 0.2) is 30.3 Å². The summed E-state index contributed by atoms with van der Waals surface area (Å²) in [5, 5.41) is 3.28. The molecule has 0 radical (unpaired) electrons. The van der Waals surface area contributed by atoms with Gasteiger partial charge in [-0.2, -0.15) is 0 Å². The normalized spacial score (nSPS) is 17.1. The van der Waals surface area contributed by atoms with Gasteiger partial charge in [0.15, 0.2) is 0 Å². The van der Waals surface area contributed by atoms with Gasteiger partial charge in [0.05, 0.1) is 6.54 Å². The molecule has 1 aromatic rings. The molecule has 0 saturated carbocycles. The van der Waals surface area contributed by atoms with Gasteiger partial charge in [-0.15, -0.1) is 24.8 Å². The second kappa shape index (κ2) is 12.5. The molecule has 1 saturated heterocycles. The van der Waals surface area contributed by atoms with Crippen LogP contribution < -0.4 is 5.32 Å². The molecule has 1 heterocycles. The van der Waals surface area contributed by atoms with Crippen molar-refractivity contribution in [2.24, 2.45) is 0 Å². The molecule has 1 aliphatic heterocycles. The van der Waals surface area contributed by atoms with Crippen LogP contribution >= 0.6 is 24.8 Å². The fraction of sp³-hybridized carbons (Fsp3) is 0.611. The molecule has 2 rings (SSSR count). The van der Waals surface area contributed by atoms with Crippen molar-refractivity contribution in [1.82, 2.24) is 15.1 Å². The molecule has 1 unspecified atom stereocenters. The largest absolute Gasteiger partial charge is 0.339 e. The lowest BCUT2D eigenvalue weighted by atomic mass is 9.99. The van der Waals surface area contributed by atoms with Crippen molar-refractivity contribution in [1.29, 1.82) is 0 Å². The van der Waals surface area contributed by atoms with Crippen LogP contribution in [0.4, 0.5) is 0 Å². The summed E-state index contributed by atoms with van der Waals surface area (Å²) in [5.41, 5.74) is 1.22. The van der Waals surface area contributed by atoms with Crippen molar-refractivity contribution in [3.8, 4) is 0 Å². The number of piperidine rings is 1. The predicted molar refractivity (Wildman–Crippen MR) is 105 cm³/mol. The summed E-state index contributed by atoms with van der Waals surface area (Å²) in [6.07, 6.45) is 4.62. The van der Waals surface area contributed by atoms with E-state index in [2.05, 4.69) is 41.3 Å². The third-order valence-electron chi connectivity index (χ3n) is 4.31. The average Bonchev–Trinajstić information content (AvgIpc) is 2.54. The van der Waals surface area contributed by atoms with Gasteiger partial charge in [0.25, 0.3) is 0 Å². The first-order valence-corrected chi connectivity index (χ1v) is 8.35. The number of benzene rings is 1. The monoisotopic (exact) mass is 375 g/mol. The molecule has 1 aromatic carbocycles. The van der Waals surface area contributed by atoms with E-state index >= 15 is 0 Å². The molecule has 0 aliphatic carbocycles. The number of amides is 1. The Morgan fingerprint density at radius 1 is 1.21 bits per heavy atom. The molecular formula is C18H31Cl2N3O. The van der Waals surface area contributed by atoms with Crippen LogP contribution in [0.3, 0.4) is 0 Å². The number of hydrogen-bond acceptors (Lipinski definition) is 3. The molecule has 4 nitrogen and oxygen atoms in total. The topological polar surface area (TPSA) is 35.6 Å². The highest BCUT2D eigenvalue weighted by Gasteiger charge is 2.25. The van der Waals surface area contributed by atoms with E-state index in [1.165, 1.54) is 12.0 Å². The quantitative estimate of drug-likeness (QED) is 0.795. The molecule has 24 heavy (non-hydrogen) atoms. The van der Waals surface area contributed by atoms with Crippen LogP contribution in [0.2, 0.25) is 0 Å². The Morgan fingerprint density at radius 3 is 2.58 bits per heavy atom. The van der Waals surface area contributed by atoms with Crippen molar-refractivity contribution >= 4 is 30.7 Å². The number of hydrogen-bond donors (Lipinski definition) is 1. The van der Waals surface area contributed by atoms with E-state index in [9.17, 15) is 4.79 Å². The van der Waals surface area contributed by atoms with E-state index in [0.29, 0.717) is 12.6 Å². The van der Waals surface area contributed by atoms with Crippen LogP contribution in [0, 0.1) is 0 Å². The van der Waals surface area contributed by atoms with Crippen molar-refractivity contribution in [2.45, 2.75) is 38.3 Å². The van der Waals surface area contributed by atoms with E-state index in [-0.39, 0.29) is 30.7 Å². The molecule has 0 spiro atoms. The maximum atomic E-state index is 12.5. The number of halogens is 2. The molecule has 1 amide bonds. The minimum Gasteiger partial charge on any atom is -0.339 e. The first kappa shape index (κ1) is 23.2. The lowest BCUT2D eigenvalue weighted by Crippen LogP contribution is -2.48. The summed E-state index contributed by atoms with van der Waals surface area (Å²) in [4.78, 5) is 16.8. The molecule has 1 N–H and O–H groups in total. The third kappa shape index (κ3) is 7.84. The fourth-order valence-electron chi connectivity index (χ4n) is 3.05. The first-order chi connectivity index (χ1) is 10.7.